The van der Waals surface area contributed by atoms with E-state index in [4.69, 9.17) is 11.0 Å². The number of hydrogen-bond donors (Lipinski definition) is 5. The molecule has 4 rings (SSSR count). The van der Waals surface area contributed by atoms with Gasteiger partial charge in [0, 0.05) is 21.8 Å². The molecule has 0 bridgehead atoms. The first-order valence-electron chi connectivity index (χ1n) is 10.1. The third kappa shape index (κ3) is 5.88. The molecular formula is C20H20N8O6S2. The molecule has 0 saturated heterocycles. The highest BCUT2D eigenvalue weighted by atomic mass is 32.2. The summed E-state index contributed by atoms with van der Waals surface area (Å²) >= 11 is 0.816. The van der Waals surface area contributed by atoms with Crippen LogP contribution >= 0.6 is 12.0 Å². The molecule has 6 N–H and O–H groups in total. The van der Waals surface area contributed by atoms with E-state index in [1.807, 2.05) is 13.8 Å². The molecule has 2 aromatic carbocycles. The average Bonchev–Trinajstić information content (AvgIpc) is 3.10. The van der Waals surface area contributed by atoms with E-state index in [1.54, 1.807) is 24.3 Å². The normalized spacial score (nSPS) is 11.4. The number of nitrogens with zero attached hydrogens (tertiary/aromatic N) is 5. The van der Waals surface area contributed by atoms with Crippen LogP contribution in [0.15, 0.2) is 58.3 Å². The molecule has 0 amide bonds. The van der Waals surface area contributed by atoms with Crippen molar-refractivity contribution in [2.75, 3.05) is 16.4 Å². The molecule has 2 aromatic heterocycles. The Labute approximate surface area is 209 Å². The van der Waals surface area contributed by atoms with Crippen LogP contribution in [-0.4, -0.2) is 43.0 Å². The van der Waals surface area contributed by atoms with Crippen LogP contribution in [0.1, 0.15) is 11.3 Å². The molecule has 0 unspecified atom stereocenters. The molecule has 0 atom stereocenters. The molecule has 0 aliphatic heterocycles. The van der Waals surface area contributed by atoms with Crippen molar-refractivity contribution in [1.29, 1.82) is 0 Å². The van der Waals surface area contributed by atoms with Gasteiger partial charge >= 0.3 is 0 Å². The van der Waals surface area contributed by atoms with Crippen molar-refractivity contribution >= 4 is 51.3 Å². The Morgan fingerprint density at radius 2 is 1.50 bits per heavy atom. The van der Waals surface area contributed by atoms with Gasteiger partial charge in [0.15, 0.2) is 0 Å². The lowest BCUT2D eigenvalue weighted by atomic mass is 10.3. The van der Waals surface area contributed by atoms with E-state index in [9.17, 15) is 13.0 Å². The Kier molecular flexibility index (Phi) is 7.34. The van der Waals surface area contributed by atoms with Crippen LogP contribution in [0.4, 0.5) is 29.1 Å². The lowest BCUT2D eigenvalue weighted by Gasteiger charge is -2.11. The molecule has 36 heavy (non-hydrogen) atoms. The van der Waals surface area contributed by atoms with Crippen molar-refractivity contribution in [3.8, 4) is 5.95 Å². The third-order valence-corrected chi connectivity index (χ3v) is 6.36. The molecule has 0 spiro atoms. The van der Waals surface area contributed by atoms with Gasteiger partial charge in [0.1, 0.15) is 5.82 Å². The Bertz CT molecular complexity index is 1480. The van der Waals surface area contributed by atoms with Gasteiger partial charge in [-0.3, -0.25) is 4.55 Å². The third-order valence-electron chi connectivity index (χ3n) is 4.90. The van der Waals surface area contributed by atoms with E-state index in [0.29, 0.717) is 27.8 Å². The largest absolute Gasteiger partial charge is 0.383 e. The average molecular weight is 533 g/mol. The van der Waals surface area contributed by atoms with Crippen LogP contribution in [0.5, 0.6) is 0 Å². The molecule has 0 fully saturated rings. The highest BCUT2D eigenvalue weighted by molar-refractivity contribution is 7.94. The van der Waals surface area contributed by atoms with Crippen LogP contribution < -0.4 is 16.4 Å². The summed E-state index contributed by atoms with van der Waals surface area (Å²) < 4.78 is 37.6. The number of rotatable bonds is 9. The molecule has 16 heteroatoms. The summed E-state index contributed by atoms with van der Waals surface area (Å²) in [6, 6.07) is 12.2. The first-order valence-corrected chi connectivity index (χ1v) is 12.3. The maximum atomic E-state index is 11.3. The van der Waals surface area contributed by atoms with Crippen LogP contribution in [0.3, 0.4) is 0 Å². The van der Waals surface area contributed by atoms with Gasteiger partial charge in [-0.2, -0.15) is 33.2 Å². The lowest BCUT2D eigenvalue weighted by Crippen LogP contribution is -2.12. The van der Waals surface area contributed by atoms with Gasteiger partial charge in [0.05, 0.1) is 22.6 Å². The van der Waals surface area contributed by atoms with E-state index in [2.05, 4.69) is 40.1 Å². The van der Waals surface area contributed by atoms with Crippen molar-refractivity contribution in [3.63, 3.8) is 0 Å². The van der Waals surface area contributed by atoms with E-state index in [0.717, 1.165) is 17.6 Å². The van der Waals surface area contributed by atoms with Crippen LogP contribution in [0.25, 0.3) is 5.95 Å². The predicted molar refractivity (Wildman–Crippen MR) is 131 cm³/mol. The van der Waals surface area contributed by atoms with E-state index in [-0.39, 0.29) is 22.7 Å². The minimum absolute atomic E-state index is 0.119. The molecule has 0 aliphatic carbocycles. The first kappa shape index (κ1) is 25.3. The Morgan fingerprint density at radius 3 is 1.97 bits per heavy atom. The standard InChI is InChI=1S/C20H20N8O6S2/c1-11-12(2)27-28(17(11)21)20-25-18(22-13-3-7-15(8-4-13)35-34-33-29)24-19(26-20)23-14-5-9-16(10-6-14)36(30,31)32/h3-10,29H,21H2,1-2H3,(H,30,31,32)(H2,22,23,24,25,26). The zero-order valence-electron chi connectivity index (χ0n) is 18.8. The topological polar surface area (TPSA) is 200 Å². The van der Waals surface area contributed by atoms with Gasteiger partial charge < -0.3 is 16.4 Å². The summed E-state index contributed by atoms with van der Waals surface area (Å²) in [5.41, 5.74) is 8.77. The Balaban J connectivity index is 1.67. The van der Waals surface area contributed by atoms with Gasteiger partial charge in [-0.1, -0.05) is 5.04 Å². The van der Waals surface area contributed by atoms with Gasteiger partial charge in [-0.15, -0.1) is 4.33 Å². The Hall–Kier alpha value is -3.80. The summed E-state index contributed by atoms with van der Waals surface area (Å²) in [5, 5.41) is 22.3. The number of nitrogen functional groups attached to an aromatic ring is 1. The summed E-state index contributed by atoms with van der Waals surface area (Å²) in [6.07, 6.45) is 0. The number of nitrogens with one attached hydrogen (secondary N) is 2. The fourth-order valence-electron chi connectivity index (χ4n) is 2.96. The number of benzene rings is 2. The smallest absolute Gasteiger partial charge is 0.294 e. The lowest BCUT2D eigenvalue weighted by molar-refractivity contribution is -0.432. The summed E-state index contributed by atoms with van der Waals surface area (Å²) in [5.74, 6) is 0.783. The monoisotopic (exact) mass is 532 g/mol. The van der Waals surface area contributed by atoms with E-state index < -0.39 is 10.1 Å². The van der Waals surface area contributed by atoms with Gasteiger partial charge in [-0.05, 0) is 62.4 Å². The molecule has 4 aromatic rings. The second kappa shape index (κ2) is 10.4. The maximum Gasteiger partial charge on any atom is 0.294 e. The summed E-state index contributed by atoms with van der Waals surface area (Å²) in [7, 11) is -4.32. The van der Waals surface area contributed by atoms with Crippen molar-refractivity contribution in [3.05, 3.63) is 59.8 Å². The molecule has 188 valence electrons. The number of aromatic nitrogens is 5. The van der Waals surface area contributed by atoms with E-state index in [1.165, 1.54) is 28.9 Å². The summed E-state index contributed by atoms with van der Waals surface area (Å²) in [4.78, 5) is 13.6. The minimum atomic E-state index is -4.32. The number of anilines is 5. The predicted octanol–water partition coefficient (Wildman–Crippen LogP) is 3.42. The fraction of sp³-hybridized carbons (Fsp3) is 0.100. The molecular weight excluding hydrogens is 512 g/mol. The van der Waals surface area contributed by atoms with Gasteiger partial charge in [0.2, 0.25) is 11.9 Å². The number of aryl methyl sites for hydroxylation is 1. The molecule has 0 aliphatic rings. The Morgan fingerprint density at radius 1 is 0.944 bits per heavy atom. The molecule has 2 heterocycles. The van der Waals surface area contributed by atoms with E-state index >= 15 is 0 Å². The molecule has 0 radical (unpaired) electrons. The van der Waals surface area contributed by atoms with Crippen molar-refractivity contribution < 1.29 is 27.6 Å². The minimum Gasteiger partial charge on any atom is -0.383 e. The van der Waals surface area contributed by atoms with Crippen molar-refractivity contribution in [2.24, 2.45) is 0 Å². The number of nitrogens with two attached hydrogens (primary N) is 1. The highest BCUT2D eigenvalue weighted by Gasteiger charge is 2.16. The SMILES string of the molecule is Cc1nn(-c2nc(Nc3ccc(SOOO)cc3)nc(Nc3ccc(S(=O)(=O)O)cc3)n2)c(N)c1C. The first-order chi connectivity index (χ1) is 17.1. The zero-order valence-corrected chi connectivity index (χ0v) is 20.4. The van der Waals surface area contributed by atoms with Crippen LogP contribution in [-0.2, 0) is 19.5 Å². The highest BCUT2D eigenvalue weighted by Crippen LogP contribution is 2.25. The zero-order chi connectivity index (χ0) is 25.9. The van der Waals surface area contributed by atoms with Crippen LogP contribution in [0.2, 0.25) is 0 Å². The maximum absolute atomic E-state index is 11.3. The molecule has 14 nitrogen and oxygen atoms in total. The summed E-state index contributed by atoms with van der Waals surface area (Å²) in [6.45, 7) is 3.64. The van der Waals surface area contributed by atoms with Crippen molar-refractivity contribution in [2.45, 2.75) is 23.6 Å². The molecule has 0 saturated carbocycles. The van der Waals surface area contributed by atoms with Gasteiger partial charge in [-0.25, -0.2) is 5.26 Å². The van der Waals surface area contributed by atoms with Gasteiger partial charge in [0.25, 0.3) is 16.1 Å². The number of hydrogen-bond acceptors (Lipinski definition) is 13. The fourth-order valence-corrected chi connectivity index (χ4v) is 3.80. The second-order valence-corrected chi connectivity index (χ2v) is 9.49. The second-order valence-electron chi connectivity index (χ2n) is 7.29. The van der Waals surface area contributed by atoms with Crippen molar-refractivity contribution in [1.82, 2.24) is 24.7 Å². The van der Waals surface area contributed by atoms with Crippen LogP contribution in [0, 0.1) is 13.8 Å². The quantitative estimate of drug-likeness (QED) is 0.0908.